The minimum atomic E-state index is -0.302. The van der Waals surface area contributed by atoms with Crippen molar-refractivity contribution in [1.82, 2.24) is 15.4 Å². The SMILES string of the molecule is CC(c1oc2ccccc2c(=O)c1-c1ccccc1)N1NC=C2C1=CN=CN2N. The number of hydrazine groups is 2. The van der Waals surface area contributed by atoms with Gasteiger partial charge in [-0.25, -0.2) is 10.8 Å². The molecular weight excluding hydrogens is 366 g/mol. The van der Waals surface area contributed by atoms with Crippen LogP contribution in [0.1, 0.15) is 18.7 Å². The van der Waals surface area contributed by atoms with Crippen molar-refractivity contribution in [2.75, 3.05) is 0 Å². The minimum Gasteiger partial charge on any atom is -0.458 e. The molecule has 2 aliphatic heterocycles. The smallest absolute Gasteiger partial charge is 0.200 e. The zero-order valence-corrected chi connectivity index (χ0v) is 15.7. The van der Waals surface area contributed by atoms with Gasteiger partial charge in [-0.15, -0.1) is 0 Å². The van der Waals surface area contributed by atoms with Crippen molar-refractivity contribution >= 4 is 17.3 Å². The van der Waals surface area contributed by atoms with Crippen LogP contribution >= 0.6 is 0 Å². The third-order valence-corrected chi connectivity index (χ3v) is 5.18. The fourth-order valence-corrected chi connectivity index (χ4v) is 3.74. The van der Waals surface area contributed by atoms with Crippen LogP contribution in [0.3, 0.4) is 0 Å². The van der Waals surface area contributed by atoms with Crippen LogP contribution in [0.4, 0.5) is 0 Å². The van der Waals surface area contributed by atoms with Gasteiger partial charge in [-0.3, -0.25) is 14.8 Å². The molecule has 0 bridgehead atoms. The molecule has 1 atom stereocenters. The zero-order valence-electron chi connectivity index (χ0n) is 15.7. The molecule has 29 heavy (non-hydrogen) atoms. The highest BCUT2D eigenvalue weighted by molar-refractivity contribution is 5.83. The van der Waals surface area contributed by atoms with Gasteiger partial charge in [-0.1, -0.05) is 42.5 Å². The maximum absolute atomic E-state index is 13.4. The molecule has 144 valence electrons. The summed E-state index contributed by atoms with van der Waals surface area (Å²) in [6, 6.07) is 16.6. The Morgan fingerprint density at radius 2 is 1.83 bits per heavy atom. The molecule has 1 unspecified atom stereocenters. The molecule has 0 radical (unpaired) electrons. The first kappa shape index (κ1) is 17.3. The van der Waals surface area contributed by atoms with Crippen LogP contribution in [-0.4, -0.2) is 16.4 Å². The Morgan fingerprint density at radius 1 is 1.07 bits per heavy atom. The van der Waals surface area contributed by atoms with Crippen molar-refractivity contribution in [3.8, 4) is 11.1 Å². The predicted molar refractivity (Wildman–Crippen MR) is 112 cm³/mol. The lowest BCUT2D eigenvalue weighted by atomic mass is 9.99. The van der Waals surface area contributed by atoms with Crippen molar-refractivity contribution in [2.45, 2.75) is 13.0 Å². The largest absolute Gasteiger partial charge is 0.458 e. The van der Waals surface area contributed by atoms with Gasteiger partial charge in [0.15, 0.2) is 0 Å². The number of para-hydroxylation sites is 1. The normalized spacial score (nSPS) is 16.3. The number of hydrogen-bond acceptors (Lipinski definition) is 7. The Bertz CT molecular complexity index is 1240. The summed E-state index contributed by atoms with van der Waals surface area (Å²) in [5, 5.41) is 3.90. The monoisotopic (exact) mass is 385 g/mol. The van der Waals surface area contributed by atoms with E-state index in [1.807, 2.05) is 60.5 Å². The summed E-state index contributed by atoms with van der Waals surface area (Å²) in [6.07, 6.45) is 5.07. The Morgan fingerprint density at radius 3 is 2.66 bits per heavy atom. The number of hydrogen-bond donors (Lipinski definition) is 2. The summed E-state index contributed by atoms with van der Waals surface area (Å²) in [7, 11) is 0. The van der Waals surface area contributed by atoms with Gasteiger partial charge in [-0.2, -0.15) is 0 Å². The fraction of sp³-hybridized carbons (Fsp3) is 0.0909. The molecule has 1 aromatic heterocycles. The number of nitrogens with one attached hydrogen (secondary N) is 1. The van der Waals surface area contributed by atoms with E-state index in [-0.39, 0.29) is 11.5 Å². The molecule has 0 fully saturated rings. The molecule has 2 aliphatic rings. The van der Waals surface area contributed by atoms with Crippen molar-refractivity contribution in [1.29, 1.82) is 0 Å². The van der Waals surface area contributed by atoms with Gasteiger partial charge < -0.3 is 9.84 Å². The highest BCUT2D eigenvalue weighted by Crippen LogP contribution is 2.36. The second-order valence-corrected chi connectivity index (χ2v) is 6.92. The van der Waals surface area contributed by atoms with E-state index >= 15 is 0 Å². The van der Waals surface area contributed by atoms with E-state index in [1.54, 1.807) is 18.5 Å². The van der Waals surface area contributed by atoms with Gasteiger partial charge in [0.1, 0.15) is 35.1 Å². The Hall–Kier alpha value is -3.84. The molecule has 3 N–H and O–H groups in total. The first-order valence-corrected chi connectivity index (χ1v) is 9.29. The summed E-state index contributed by atoms with van der Waals surface area (Å²) >= 11 is 0. The molecule has 7 nitrogen and oxygen atoms in total. The molecule has 0 saturated carbocycles. The summed E-state index contributed by atoms with van der Waals surface area (Å²) in [4.78, 5) is 17.6. The van der Waals surface area contributed by atoms with Crippen molar-refractivity contribution < 1.29 is 4.42 Å². The van der Waals surface area contributed by atoms with Crippen molar-refractivity contribution in [3.05, 3.63) is 94.4 Å². The Kier molecular flexibility index (Phi) is 3.96. The van der Waals surface area contributed by atoms with Crippen LogP contribution in [0.25, 0.3) is 22.1 Å². The maximum Gasteiger partial charge on any atom is 0.200 e. The molecular formula is C22H19N5O2. The molecule has 0 amide bonds. The van der Waals surface area contributed by atoms with E-state index in [9.17, 15) is 4.79 Å². The van der Waals surface area contributed by atoms with Crippen LogP contribution in [0.5, 0.6) is 0 Å². The fourth-order valence-electron chi connectivity index (χ4n) is 3.74. The van der Waals surface area contributed by atoms with Crippen LogP contribution < -0.4 is 16.7 Å². The quantitative estimate of drug-likeness (QED) is 0.673. The predicted octanol–water partition coefficient (Wildman–Crippen LogP) is 3.24. The molecule has 3 heterocycles. The summed E-state index contributed by atoms with van der Waals surface area (Å²) in [6.45, 7) is 1.98. The number of fused-ring (bicyclic) bond motifs is 2. The number of nitrogens with two attached hydrogens (primary N) is 1. The zero-order chi connectivity index (χ0) is 20.0. The Labute approximate surface area is 167 Å². The van der Waals surface area contributed by atoms with E-state index in [4.69, 9.17) is 10.3 Å². The van der Waals surface area contributed by atoms with E-state index in [2.05, 4.69) is 10.4 Å². The van der Waals surface area contributed by atoms with Crippen molar-refractivity contribution in [2.24, 2.45) is 10.8 Å². The van der Waals surface area contributed by atoms with Crippen molar-refractivity contribution in [3.63, 3.8) is 0 Å². The third kappa shape index (κ3) is 2.71. The third-order valence-electron chi connectivity index (χ3n) is 5.18. The van der Waals surface area contributed by atoms with E-state index in [0.29, 0.717) is 22.3 Å². The van der Waals surface area contributed by atoms with Gasteiger partial charge in [0, 0.05) is 6.20 Å². The van der Waals surface area contributed by atoms with Gasteiger partial charge in [0.2, 0.25) is 5.43 Å². The first-order valence-electron chi connectivity index (χ1n) is 9.29. The van der Waals surface area contributed by atoms with Crippen LogP contribution in [0.2, 0.25) is 0 Å². The number of benzene rings is 2. The highest BCUT2D eigenvalue weighted by Gasteiger charge is 2.32. The molecule has 7 heteroatoms. The van der Waals surface area contributed by atoms with Crippen LogP contribution in [0, 0.1) is 0 Å². The van der Waals surface area contributed by atoms with E-state index < -0.39 is 0 Å². The van der Waals surface area contributed by atoms with Gasteiger partial charge >= 0.3 is 0 Å². The lowest BCUT2D eigenvalue weighted by Crippen LogP contribution is -2.36. The van der Waals surface area contributed by atoms with Crippen LogP contribution in [0.15, 0.2) is 92.6 Å². The first-order chi connectivity index (χ1) is 14.1. The van der Waals surface area contributed by atoms with Gasteiger partial charge in [0.25, 0.3) is 0 Å². The van der Waals surface area contributed by atoms with Gasteiger partial charge in [0.05, 0.1) is 17.1 Å². The second-order valence-electron chi connectivity index (χ2n) is 6.92. The molecule has 2 aromatic carbocycles. The molecule has 0 saturated heterocycles. The Balaban J connectivity index is 1.69. The van der Waals surface area contributed by atoms with Gasteiger partial charge in [-0.05, 0) is 24.6 Å². The molecule has 0 spiro atoms. The number of aliphatic imine (C=N–C) groups is 1. The highest BCUT2D eigenvalue weighted by atomic mass is 16.3. The number of rotatable bonds is 3. The maximum atomic E-state index is 13.4. The topological polar surface area (TPSA) is 87.1 Å². The molecule has 3 aromatic rings. The minimum absolute atomic E-state index is 0.0524. The molecule has 0 aliphatic carbocycles. The van der Waals surface area contributed by atoms with E-state index in [0.717, 1.165) is 17.0 Å². The standard InChI is InChI=1S/C22H19N5O2/c1-14(27-18-11-24-13-26(23)17(18)12-25-27)22-20(15-7-3-2-4-8-15)21(28)16-9-5-6-10-19(16)29-22/h2-14,25H,23H2,1H3. The summed E-state index contributed by atoms with van der Waals surface area (Å²) in [5.41, 5.74) is 6.68. The molecule has 5 rings (SSSR count). The lowest BCUT2D eigenvalue weighted by Gasteiger charge is -2.30. The van der Waals surface area contributed by atoms with E-state index in [1.165, 1.54) is 11.3 Å². The lowest BCUT2D eigenvalue weighted by molar-refractivity contribution is 0.211. The summed E-state index contributed by atoms with van der Waals surface area (Å²) in [5.74, 6) is 6.55. The average Bonchev–Trinajstić information content (AvgIpc) is 3.19. The number of nitrogens with zero attached hydrogens (tertiary/aromatic N) is 3. The summed E-state index contributed by atoms with van der Waals surface area (Å²) < 4.78 is 6.29. The van der Waals surface area contributed by atoms with Crippen LogP contribution in [-0.2, 0) is 0 Å². The second kappa shape index (κ2) is 6.65. The average molecular weight is 385 g/mol.